The van der Waals surface area contributed by atoms with Crippen molar-refractivity contribution >= 4 is 5.91 Å². The van der Waals surface area contributed by atoms with E-state index < -0.39 is 0 Å². The van der Waals surface area contributed by atoms with E-state index in [-0.39, 0.29) is 12.5 Å². The standard InChI is InChI=1S/C25H39NO2/c1-2-3-4-5-6-7-8-9-10-11-12-13-14-15-16-17-18-19-20-22-25(28)26-23-21-24-27/h3-4,6-7,9-10,12-13,15-16,18-19,27H,2,5,8,11,14,17,20-24H2,1H3,(H,26,28)/b4-3-,7-6-,10-9-,13-12-,16-15-,19-18-. The molecule has 0 aliphatic heterocycles. The normalized spacial score (nSPS) is 12.8. The molecule has 0 radical (unpaired) electrons. The Balaban J connectivity index is 3.54. The van der Waals surface area contributed by atoms with E-state index in [1.54, 1.807) is 0 Å². The molecular formula is C25H39NO2. The lowest BCUT2D eigenvalue weighted by molar-refractivity contribution is -0.121. The molecule has 156 valence electrons. The first-order valence-corrected chi connectivity index (χ1v) is 10.6. The van der Waals surface area contributed by atoms with Crippen LogP contribution in [-0.4, -0.2) is 24.2 Å². The van der Waals surface area contributed by atoms with Gasteiger partial charge in [0, 0.05) is 19.6 Å². The van der Waals surface area contributed by atoms with Gasteiger partial charge in [-0.3, -0.25) is 4.79 Å². The van der Waals surface area contributed by atoms with Gasteiger partial charge in [-0.15, -0.1) is 0 Å². The molecule has 0 aromatic carbocycles. The highest BCUT2D eigenvalue weighted by Crippen LogP contribution is 1.97. The lowest BCUT2D eigenvalue weighted by Crippen LogP contribution is -2.24. The predicted molar refractivity (Wildman–Crippen MR) is 122 cm³/mol. The number of hydrogen-bond donors (Lipinski definition) is 2. The Bertz CT molecular complexity index is 525. The molecule has 0 heterocycles. The quantitative estimate of drug-likeness (QED) is 0.240. The van der Waals surface area contributed by atoms with Crippen LogP contribution in [0.4, 0.5) is 0 Å². The zero-order chi connectivity index (χ0) is 20.5. The van der Waals surface area contributed by atoms with Gasteiger partial charge < -0.3 is 10.4 Å². The summed E-state index contributed by atoms with van der Waals surface area (Å²) in [5, 5.41) is 11.4. The summed E-state index contributed by atoms with van der Waals surface area (Å²) in [6, 6.07) is 0. The Labute approximate surface area is 172 Å². The average molecular weight is 386 g/mol. The summed E-state index contributed by atoms with van der Waals surface area (Å²) in [7, 11) is 0. The second-order valence-electron chi connectivity index (χ2n) is 6.38. The minimum atomic E-state index is 0.0491. The Morgan fingerprint density at radius 1 is 0.714 bits per heavy atom. The third-order valence-corrected chi connectivity index (χ3v) is 3.79. The molecule has 0 aromatic heterocycles. The number of rotatable bonds is 17. The fourth-order valence-electron chi connectivity index (χ4n) is 2.25. The fourth-order valence-corrected chi connectivity index (χ4v) is 2.25. The van der Waals surface area contributed by atoms with Gasteiger partial charge in [0.2, 0.25) is 5.91 Å². The highest BCUT2D eigenvalue weighted by molar-refractivity contribution is 5.75. The Morgan fingerprint density at radius 3 is 1.57 bits per heavy atom. The number of carbonyl (C=O) groups excluding carboxylic acids is 1. The number of amides is 1. The van der Waals surface area contributed by atoms with Gasteiger partial charge in [0.25, 0.3) is 0 Å². The van der Waals surface area contributed by atoms with Crippen LogP contribution in [0.25, 0.3) is 0 Å². The van der Waals surface area contributed by atoms with Gasteiger partial charge in [-0.1, -0.05) is 79.8 Å². The van der Waals surface area contributed by atoms with Gasteiger partial charge >= 0.3 is 0 Å². The van der Waals surface area contributed by atoms with E-state index in [0.717, 1.165) is 44.9 Å². The molecular weight excluding hydrogens is 346 g/mol. The zero-order valence-corrected chi connectivity index (χ0v) is 17.6. The molecule has 1 amide bonds. The Hall–Kier alpha value is -2.13. The van der Waals surface area contributed by atoms with Crippen LogP contribution >= 0.6 is 0 Å². The number of carbonyl (C=O) groups is 1. The average Bonchev–Trinajstić information content (AvgIpc) is 2.70. The summed E-state index contributed by atoms with van der Waals surface area (Å²) in [6.07, 6.45) is 33.9. The highest BCUT2D eigenvalue weighted by atomic mass is 16.3. The topological polar surface area (TPSA) is 49.3 Å². The molecule has 3 heteroatoms. The molecule has 0 saturated carbocycles. The largest absolute Gasteiger partial charge is 0.396 e. The van der Waals surface area contributed by atoms with E-state index in [1.165, 1.54) is 0 Å². The molecule has 0 atom stereocenters. The molecule has 28 heavy (non-hydrogen) atoms. The van der Waals surface area contributed by atoms with Crippen molar-refractivity contribution in [1.82, 2.24) is 5.32 Å². The van der Waals surface area contributed by atoms with Crippen molar-refractivity contribution in [3.63, 3.8) is 0 Å². The minimum Gasteiger partial charge on any atom is -0.396 e. The summed E-state index contributed by atoms with van der Waals surface area (Å²) >= 11 is 0. The summed E-state index contributed by atoms with van der Waals surface area (Å²) in [5.41, 5.74) is 0. The first kappa shape index (κ1) is 25.9. The van der Waals surface area contributed by atoms with Crippen molar-refractivity contribution in [2.24, 2.45) is 0 Å². The predicted octanol–water partition coefficient (Wildman–Crippen LogP) is 5.96. The minimum absolute atomic E-state index is 0.0491. The number of allylic oxidation sites excluding steroid dienone is 12. The maximum Gasteiger partial charge on any atom is 0.220 e. The van der Waals surface area contributed by atoms with E-state index in [2.05, 4.69) is 79.1 Å². The first-order valence-electron chi connectivity index (χ1n) is 10.6. The third-order valence-electron chi connectivity index (χ3n) is 3.79. The van der Waals surface area contributed by atoms with Gasteiger partial charge in [-0.2, -0.15) is 0 Å². The van der Waals surface area contributed by atoms with Crippen molar-refractivity contribution in [2.75, 3.05) is 13.2 Å². The van der Waals surface area contributed by atoms with Crippen LogP contribution in [0.5, 0.6) is 0 Å². The van der Waals surface area contributed by atoms with Crippen molar-refractivity contribution in [2.45, 2.75) is 64.7 Å². The molecule has 3 nitrogen and oxygen atoms in total. The Morgan fingerprint density at radius 2 is 1.14 bits per heavy atom. The molecule has 0 unspecified atom stereocenters. The molecule has 0 aliphatic carbocycles. The fraction of sp³-hybridized carbons (Fsp3) is 0.480. The first-order chi connectivity index (χ1) is 13.8. The van der Waals surface area contributed by atoms with Crippen LogP contribution in [0.3, 0.4) is 0 Å². The van der Waals surface area contributed by atoms with Gasteiger partial charge in [0.05, 0.1) is 0 Å². The summed E-state index contributed by atoms with van der Waals surface area (Å²) in [5.74, 6) is 0.0491. The van der Waals surface area contributed by atoms with E-state index in [4.69, 9.17) is 5.11 Å². The molecule has 0 rings (SSSR count). The van der Waals surface area contributed by atoms with Gasteiger partial charge in [0.15, 0.2) is 0 Å². The molecule has 0 fully saturated rings. The van der Waals surface area contributed by atoms with Crippen LogP contribution in [0, 0.1) is 0 Å². The summed E-state index contributed by atoms with van der Waals surface area (Å²) in [6.45, 7) is 2.82. The number of aliphatic hydroxyl groups is 1. The van der Waals surface area contributed by atoms with Crippen LogP contribution in [0.15, 0.2) is 72.9 Å². The van der Waals surface area contributed by atoms with Crippen molar-refractivity contribution in [1.29, 1.82) is 0 Å². The van der Waals surface area contributed by atoms with Gasteiger partial charge in [-0.05, 0) is 51.4 Å². The highest BCUT2D eigenvalue weighted by Gasteiger charge is 1.97. The molecule has 0 spiro atoms. The van der Waals surface area contributed by atoms with E-state index >= 15 is 0 Å². The van der Waals surface area contributed by atoms with E-state index in [0.29, 0.717) is 19.4 Å². The maximum absolute atomic E-state index is 11.4. The van der Waals surface area contributed by atoms with Crippen LogP contribution in [0.2, 0.25) is 0 Å². The lowest BCUT2D eigenvalue weighted by Gasteiger charge is -2.01. The van der Waals surface area contributed by atoms with Crippen LogP contribution in [-0.2, 0) is 4.79 Å². The second-order valence-corrected chi connectivity index (χ2v) is 6.38. The molecule has 0 aliphatic rings. The van der Waals surface area contributed by atoms with E-state index in [1.807, 2.05) is 6.08 Å². The van der Waals surface area contributed by atoms with Gasteiger partial charge in [-0.25, -0.2) is 0 Å². The monoisotopic (exact) mass is 385 g/mol. The molecule has 0 saturated heterocycles. The molecule has 0 aromatic rings. The van der Waals surface area contributed by atoms with E-state index in [9.17, 15) is 4.79 Å². The molecule has 2 N–H and O–H groups in total. The zero-order valence-electron chi connectivity index (χ0n) is 17.6. The third kappa shape index (κ3) is 21.9. The lowest BCUT2D eigenvalue weighted by atomic mass is 10.2. The second kappa shape index (κ2) is 22.9. The summed E-state index contributed by atoms with van der Waals surface area (Å²) < 4.78 is 0. The van der Waals surface area contributed by atoms with Crippen LogP contribution in [0.1, 0.15) is 64.7 Å². The molecule has 0 bridgehead atoms. The SMILES string of the molecule is CC/C=C\C/C=C\C/C=C\C/C=C\C/C=C\C/C=C\CCC(=O)NCCCO. The van der Waals surface area contributed by atoms with Crippen molar-refractivity contribution in [3.8, 4) is 0 Å². The van der Waals surface area contributed by atoms with Crippen LogP contribution < -0.4 is 5.32 Å². The number of nitrogens with one attached hydrogen (secondary N) is 1. The number of aliphatic hydroxyl groups excluding tert-OH is 1. The van der Waals surface area contributed by atoms with Crippen molar-refractivity contribution < 1.29 is 9.90 Å². The maximum atomic E-state index is 11.4. The smallest absolute Gasteiger partial charge is 0.220 e. The Kier molecular flexibility index (Phi) is 21.2. The number of hydrogen-bond acceptors (Lipinski definition) is 2. The van der Waals surface area contributed by atoms with Crippen molar-refractivity contribution in [3.05, 3.63) is 72.9 Å². The van der Waals surface area contributed by atoms with Gasteiger partial charge in [0.1, 0.15) is 0 Å². The summed E-state index contributed by atoms with van der Waals surface area (Å²) in [4.78, 5) is 11.4.